The van der Waals surface area contributed by atoms with E-state index in [9.17, 15) is 4.79 Å². The van der Waals surface area contributed by atoms with E-state index in [1.165, 1.54) is 11.0 Å². The molecular weight excluding hydrogens is 362 g/mol. The molecule has 0 unspecified atom stereocenters. The number of hydrogen-bond donors (Lipinski definition) is 0. The van der Waals surface area contributed by atoms with Gasteiger partial charge in [0.25, 0.3) is 0 Å². The number of methoxy groups -OCH3 is 1. The van der Waals surface area contributed by atoms with Crippen LogP contribution < -0.4 is 9.47 Å². The highest BCUT2D eigenvalue weighted by atomic mass is 35.5. The fourth-order valence-electron chi connectivity index (χ4n) is 2.26. The Balaban J connectivity index is 1.63. The lowest BCUT2D eigenvalue weighted by Gasteiger charge is -2.11. The van der Waals surface area contributed by atoms with Gasteiger partial charge in [0, 0.05) is 20.2 Å². The molecule has 1 aromatic heterocycles. The number of rotatable bonds is 6. The van der Waals surface area contributed by atoms with Gasteiger partial charge in [0.1, 0.15) is 6.10 Å². The van der Waals surface area contributed by atoms with E-state index in [1.54, 1.807) is 32.4 Å². The van der Waals surface area contributed by atoms with Crippen LogP contribution in [0.1, 0.15) is 30.3 Å². The van der Waals surface area contributed by atoms with Gasteiger partial charge in [-0.3, -0.25) is 4.79 Å². The molecule has 8 nitrogen and oxygen atoms in total. The largest absolute Gasteiger partial charge is 0.454 e. The van der Waals surface area contributed by atoms with E-state index in [-0.39, 0.29) is 25.3 Å². The maximum atomic E-state index is 12.3. The van der Waals surface area contributed by atoms with Crippen molar-refractivity contribution in [2.24, 2.45) is 0 Å². The summed E-state index contributed by atoms with van der Waals surface area (Å²) >= 11 is 6.13. The topological polar surface area (TPSA) is 86.9 Å². The second-order valence-corrected chi connectivity index (χ2v) is 6.10. The van der Waals surface area contributed by atoms with E-state index in [0.717, 1.165) is 5.56 Å². The molecule has 1 aliphatic rings. The number of carbonyl (C=O) groups excluding carboxylic acids is 1. The van der Waals surface area contributed by atoms with Crippen LogP contribution in [0.15, 0.2) is 22.7 Å². The average molecular weight is 380 g/mol. The van der Waals surface area contributed by atoms with Gasteiger partial charge in [0.2, 0.25) is 18.6 Å². The van der Waals surface area contributed by atoms with Crippen LogP contribution in [0.3, 0.4) is 0 Å². The number of nitrogens with zero attached hydrogens (tertiary/aromatic N) is 3. The predicted molar refractivity (Wildman–Crippen MR) is 92.8 cm³/mol. The Kier molecular flexibility index (Phi) is 5.43. The predicted octanol–water partition coefficient (Wildman–Crippen LogP) is 2.83. The van der Waals surface area contributed by atoms with E-state index in [2.05, 4.69) is 10.1 Å². The fourth-order valence-corrected chi connectivity index (χ4v) is 2.54. The van der Waals surface area contributed by atoms with E-state index in [1.807, 2.05) is 6.92 Å². The number of amides is 1. The standard InChI is InChI=1S/C17H18ClN3O5/c1-10(23-3)17-19-14(26-20-17)8-21(2)15(22)5-4-11-6-12(18)16-13(7-11)24-9-25-16/h4-7,10H,8-9H2,1-3H3/b5-4-/t10-/m1/s1. The Morgan fingerprint density at radius 2 is 2.27 bits per heavy atom. The van der Waals surface area contributed by atoms with Crippen molar-refractivity contribution in [1.82, 2.24) is 15.0 Å². The highest BCUT2D eigenvalue weighted by Gasteiger charge is 2.18. The molecule has 0 aliphatic carbocycles. The van der Waals surface area contributed by atoms with Crippen LogP contribution in [0.25, 0.3) is 6.08 Å². The molecular formula is C17H18ClN3O5. The van der Waals surface area contributed by atoms with Gasteiger partial charge in [-0.05, 0) is 30.7 Å². The van der Waals surface area contributed by atoms with E-state index in [0.29, 0.717) is 28.2 Å². The number of carbonyl (C=O) groups is 1. The number of hydrogen-bond acceptors (Lipinski definition) is 7. The minimum absolute atomic E-state index is 0.137. The van der Waals surface area contributed by atoms with Crippen LogP contribution in [-0.2, 0) is 16.1 Å². The van der Waals surface area contributed by atoms with Crippen LogP contribution in [0.4, 0.5) is 0 Å². The normalized spacial score (nSPS) is 14.0. The van der Waals surface area contributed by atoms with Gasteiger partial charge in [-0.25, -0.2) is 0 Å². The summed E-state index contributed by atoms with van der Waals surface area (Å²) in [6.45, 7) is 2.13. The molecule has 0 saturated heterocycles. The zero-order valence-corrected chi connectivity index (χ0v) is 15.3. The van der Waals surface area contributed by atoms with Crippen molar-refractivity contribution >= 4 is 23.6 Å². The van der Waals surface area contributed by atoms with Gasteiger partial charge >= 0.3 is 0 Å². The second kappa shape index (κ2) is 7.76. The second-order valence-electron chi connectivity index (χ2n) is 5.69. The zero-order valence-electron chi connectivity index (χ0n) is 14.6. The molecule has 0 bridgehead atoms. The Labute approximate surface area is 155 Å². The molecule has 0 radical (unpaired) electrons. The first-order valence-corrected chi connectivity index (χ1v) is 8.23. The van der Waals surface area contributed by atoms with Crippen molar-refractivity contribution in [1.29, 1.82) is 0 Å². The third-order valence-corrected chi connectivity index (χ3v) is 4.10. The molecule has 3 rings (SSSR count). The van der Waals surface area contributed by atoms with Gasteiger partial charge in [0.05, 0.1) is 11.6 Å². The highest BCUT2D eigenvalue weighted by molar-refractivity contribution is 6.32. The molecule has 1 atom stereocenters. The van der Waals surface area contributed by atoms with Crippen molar-refractivity contribution < 1.29 is 23.5 Å². The Morgan fingerprint density at radius 1 is 1.46 bits per heavy atom. The van der Waals surface area contributed by atoms with E-state index >= 15 is 0 Å². The molecule has 138 valence electrons. The van der Waals surface area contributed by atoms with Gasteiger partial charge in [0.15, 0.2) is 17.3 Å². The van der Waals surface area contributed by atoms with Crippen LogP contribution in [0.5, 0.6) is 11.5 Å². The first kappa shape index (κ1) is 18.2. The van der Waals surface area contributed by atoms with Crippen LogP contribution >= 0.6 is 11.6 Å². The molecule has 0 spiro atoms. The third-order valence-electron chi connectivity index (χ3n) is 3.82. The maximum Gasteiger partial charge on any atom is 0.246 e. The fraction of sp³-hybridized carbons (Fsp3) is 0.353. The third kappa shape index (κ3) is 3.97. The summed E-state index contributed by atoms with van der Waals surface area (Å²) < 4.78 is 20.8. The average Bonchev–Trinajstić information content (AvgIpc) is 3.28. The number of halogens is 1. The Bertz CT molecular complexity index is 836. The van der Waals surface area contributed by atoms with Crippen LogP contribution in [0, 0.1) is 0 Å². The van der Waals surface area contributed by atoms with Gasteiger partial charge < -0.3 is 23.6 Å². The molecule has 0 N–H and O–H groups in total. The lowest BCUT2D eigenvalue weighted by Crippen LogP contribution is -2.24. The minimum Gasteiger partial charge on any atom is -0.454 e. The molecule has 9 heteroatoms. The van der Waals surface area contributed by atoms with Crippen molar-refractivity contribution in [2.75, 3.05) is 21.0 Å². The molecule has 2 heterocycles. The lowest BCUT2D eigenvalue weighted by molar-refractivity contribution is -0.125. The minimum atomic E-state index is -0.274. The molecule has 0 fully saturated rings. The lowest BCUT2D eigenvalue weighted by atomic mass is 10.2. The zero-order chi connectivity index (χ0) is 18.7. The maximum absolute atomic E-state index is 12.3. The number of likely N-dealkylation sites (N-methyl/N-ethyl adjacent to an activating group) is 1. The van der Waals surface area contributed by atoms with Crippen molar-refractivity contribution in [3.05, 3.63) is 40.5 Å². The molecule has 1 aromatic carbocycles. The number of fused-ring (bicyclic) bond motifs is 1. The summed E-state index contributed by atoms with van der Waals surface area (Å²) in [6.07, 6.45) is 2.81. The summed E-state index contributed by atoms with van der Waals surface area (Å²) in [5.41, 5.74) is 0.731. The quantitative estimate of drug-likeness (QED) is 0.713. The Hall–Kier alpha value is -2.58. The number of ether oxygens (including phenoxy) is 3. The van der Waals surface area contributed by atoms with Crippen molar-refractivity contribution in [2.45, 2.75) is 19.6 Å². The smallest absolute Gasteiger partial charge is 0.246 e. The summed E-state index contributed by atoms with van der Waals surface area (Å²) in [5, 5.41) is 4.26. The number of aromatic nitrogens is 2. The summed E-state index contributed by atoms with van der Waals surface area (Å²) in [5.74, 6) is 1.62. The molecule has 26 heavy (non-hydrogen) atoms. The number of benzene rings is 1. The summed E-state index contributed by atoms with van der Waals surface area (Å²) in [6, 6.07) is 3.46. The van der Waals surface area contributed by atoms with Gasteiger partial charge in [-0.1, -0.05) is 16.8 Å². The molecule has 2 aromatic rings. The van der Waals surface area contributed by atoms with E-state index < -0.39 is 0 Å². The van der Waals surface area contributed by atoms with Gasteiger partial charge in [-0.15, -0.1) is 0 Å². The molecule has 1 aliphatic heterocycles. The van der Waals surface area contributed by atoms with Crippen LogP contribution in [0.2, 0.25) is 5.02 Å². The van der Waals surface area contributed by atoms with Crippen LogP contribution in [-0.4, -0.2) is 41.9 Å². The first-order valence-electron chi connectivity index (χ1n) is 7.85. The first-order chi connectivity index (χ1) is 12.5. The monoisotopic (exact) mass is 379 g/mol. The van der Waals surface area contributed by atoms with Crippen molar-refractivity contribution in [3.63, 3.8) is 0 Å². The molecule has 1 amide bonds. The highest BCUT2D eigenvalue weighted by Crippen LogP contribution is 2.40. The molecule has 0 saturated carbocycles. The van der Waals surface area contributed by atoms with E-state index in [4.69, 9.17) is 30.3 Å². The SMILES string of the molecule is CO[C@H](C)c1noc(CN(C)C(=O)/C=C\c2cc(Cl)c3c(c2)OCO3)n1. The Morgan fingerprint density at radius 3 is 3.04 bits per heavy atom. The summed E-state index contributed by atoms with van der Waals surface area (Å²) in [7, 11) is 3.20. The summed E-state index contributed by atoms with van der Waals surface area (Å²) in [4.78, 5) is 17.9. The van der Waals surface area contributed by atoms with Crippen molar-refractivity contribution in [3.8, 4) is 11.5 Å². The van der Waals surface area contributed by atoms with Gasteiger partial charge in [-0.2, -0.15) is 4.98 Å².